The second-order valence-corrected chi connectivity index (χ2v) is 3.98. The van der Waals surface area contributed by atoms with Crippen molar-refractivity contribution >= 4 is 6.09 Å². The van der Waals surface area contributed by atoms with Gasteiger partial charge in [-0.05, 0) is 25.2 Å². The van der Waals surface area contributed by atoms with E-state index in [0.717, 1.165) is 12.8 Å². The molecule has 1 aliphatic carbocycles. The minimum absolute atomic E-state index is 0.291. The second kappa shape index (κ2) is 8.82. The van der Waals surface area contributed by atoms with E-state index in [1.165, 1.54) is 6.42 Å². The molecule has 0 fully saturated rings. The third kappa shape index (κ3) is 6.79. The van der Waals surface area contributed by atoms with Gasteiger partial charge in [-0.3, -0.25) is 0 Å². The molecule has 17 heavy (non-hydrogen) atoms. The van der Waals surface area contributed by atoms with Gasteiger partial charge in [0.05, 0.1) is 6.61 Å². The second-order valence-electron chi connectivity index (χ2n) is 3.98. The summed E-state index contributed by atoms with van der Waals surface area (Å²) >= 11 is 0. The van der Waals surface area contributed by atoms with E-state index in [0.29, 0.717) is 25.7 Å². The first kappa shape index (κ1) is 13.8. The first-order valence-electron chi connectivity index (χ1n) is 6.04. The van der Waals surface area contributed by atoms with Gasteiger partial charge in [0.15, 0.2) is 0 Å². The number of alkyl carbamates (subject to hydrolysis) is 1. The van der Waals surface area contributed by atoms with Crippen LogP contribution in [0.3, 0.4) is 0 Å². The zero-order valence-electron chi connectivity index (χ0n) is 10.4. The Labute approximate surface area is 103 Å². The van der Waals surface area contributed by atoms with Crippen molar-refractivity contribution in [3.05, 3.63) is 24.3 Å². The van der Waals surface area contributed by atoms with Gasteiger partial charge in [-0.15, -0.1) is 0 Å². The molecular weight excluding hydrogens is 218 g/mol. The summed E-state index contributed by atoms with van der Waals surface area (Å²) in [5, 5.41) is 2.66. The van der Waals surface area contributed by atoms with Crippen molar-refractivity contribution in [3.63, 3.8) is 0 Å². The van der Waals surface area contributed by atoms with Crippen molar-refractivity contribution in [1.82, 2.24) is 5.32 Å². The van der Waals surface area contributed by atoms with Crippen LogP contribution >= 0.6 is 0 Å². The lowest BCUT2D eigenvalue weighted by atomic mass is 9.94. The average molecular weight is 239 g/mol. The lowest BCUT2D eigenvalue weighted by Gasteiger charge is -2.12. The van der Waals surface area contributed by atoms with E-state index in [2.05, 4.69) is 23.5 Å². The van der Waals surface area contributed by atoms with Gasteiger partial charge in [0, 0.05) is 13.7 Å². The molecule has 0 aromatic heterocycles. The van der Waals surface area contributed by atoms with Crippen molar-refractivity contribution in [1.29, 1.82) is 0 Å². The summed E-state index contributed by atoms with van der Waals surface area (Å²) in [4.78, 5) is 11.1. The molecule has 4 nitrogen and oxygen atoms in total. The van der Waals surface area contributed by atoms with Crippen LogP contribution in [0.4, 0.5) is 4.79 Å². The maximum absolute atomic E-state index is 11.1. The lowest BCUT2D eigenvalue weighted by Crippen LogP contribution is -2.25. The Morgan fingerprint density at radius 1 is 1.47 bits per heavy atom. The predicted molar refractivity (Wildman–Crippen MR) is 66.8 cm³/mol. The van der Waals surface area contributed by atoms with E-state index in [4.69, 9.17) is 9.47 Å². The third-order valence-corrected chi connectivity index (χ3v) is 2.60. The van der Waals surface area contributed by atoms with Crippen molar-refractivity contribution in [3.8, 4) is 0 Å². The number of nitrogens with one attached hydrogen (secondary N) is 1. The fraction of sp³-hybridized carbons (Fsp3) is 0.615. The lowest BCUT2D eigenvalue weighted by molar-refractivity contribution is 0.0992. The molecule has 1 amide bonds. The Hall–Kier alpha value is -1.29. The first-order chi connectivity index (χ1) is 8.33. The van der Waals surface area contributed by atoms with Crippen LogP contribution in [0.1, 0.15) is 19.3 Å². The SMILES string of the molecule is COCCOC(=O)NC/C=C/C1CC=CCC1. The molecule has 0 heterocycles. The van der Waals surface area contributed by atoms with Crippen molar-refractivity contribution in [2.24, 2.45) is 5.92 Å². The number of hydrogen-bond donors (Lipinski definition) is 1. The number of ether oxygens (including phenoxy) is 2. The summed E-state index contributed by atoms with van der Waals surface area (Å²) < 4.78 is 9.63. The summed E-state index contributed by atoms with van der Waals surface area (Å²) in [6.45, 7) is 1.24. The Morgan fingerprint density at radius 2 is 2.35 bits per heavy atom. The van der Waals surface area contributed by atoms with Gasteiger partial charge in [0.1, 0.15) is 6.61 Å². The first-order valence-corrected chi connectivity index (χ1v) is 6.04. The Bertz CT molecular complexity index is 274. The molecule has 0 bridgehead atoms. The number of methoxy groups -OCH3 is 1. The van der Waals surface area contributed by atoms with Crippen molar-refractivity contribution < 1.29 is 14.3 Å². The number of carbonyl (C=O) groups excluding carboxylic acids is 1. The Balaban J connectivity index is 2.04. The van der Waals surface area contributed by atoms with Gasteiger partial charge in [0.2, 0.25) is 0 Å². The van der Waals surface area contributed by atoms with E-state index in [1.54, 1.807) is 7.11 Å². The minimum atomic E-state index is -0.393. The van der Waals surface area contributed by atoms with Crippen LogP contribution < -0.4 is 5.32 Å². The van der Waals surface area contributed by atoms with Gasteiger partial charge in [-0.2, -0.15) is 0 Å². The maximum atomic E-state index is 11.1. The van der Waals surface area contributed by atoms with Crippen molar-refractivity contribution in [2.75, 3.05) is 26.9 Å². The molecule has 1 rings (SSSR count). The molecular formula is C13H21NO3. The molecule has 1 aliphatic rings. The monoisotopic (exact) mass is 239 g/mol. The van der Waals surface area contributed by atoms with E-state index >= 15 is 0 Å². The summed E-state index contributed by atoms with van der Waals surface area (Å²) in [6.07, 6.45) is 11.7. The van der Waals surface area contributed by atoms with Gasteiger partial charge in [-0.1, -0.05) is 24.3 Å². The summed E-state index contributed by atoms with van der Waals surface area (Å²) in [5.41, 5.74) is 0. The van der Waals surface area contributed by atoms with Crippen LogP contribution in [0, 0.1) is 5.92 Å². The highest BCUT2D eigenvalue weighted by atomic mass is 16.6. The fourth-order valence-electron chi connectivity index (χ4n) is 1.66. The number of allylic oxidation sites excluding steroid dienone is 3. The van der Waals surface area contributed by atoms with Crippen LogP contribution in [-0.2, 0) is 9.47 Å². The Kier molecular flexibility index (Phi) is 7.14. The normalized spacial score (nSPS) is 19.5. The van der Waals surface area contributed by atoms with E-state index in [-0.39, 0.29) is 0 Å². The van der Waals surface area contributed by atoms with Gasteiger partial charge in [0.25, 0.3) is 0 Å². The zero-order chi connectivity index (χ0) is 12.3. The van der Waals surface area contributed by atoms with Crippen LogP contribution in [0.2, 0.25) is 0 Å². The van der Waals surface area contributed by atoms with Crippen LogP contribution in [-0.4, -0.2) is 33.0 Å². The molecule has 96 valence electrons. The van der Waals surface area contributed by atoms with Crippen molar-refractivity contribution in [2.45, 2.75) is 19.3 Å². The number of hydrogen-bond acceptors (Lipinski definition) is 3. The molecule has 0 aromatic rings. The number of carbonyl (C=O) groups is 1. The topological polar surface area (TPSA) is 47.6 Å². The van der Waals surface area contributed by atoms with Gasteiger partial charge >= 0.3 is 6.09 Å². The highest BCUT2D eigenvalue weighted by Crippen LogP contribution is 2.18. The summed E-state index contributed by atoms with van der Waals surface area (Å²) in [6, 6.07) is 0. The summed E-state index contributed by atoms with van der Waals surface area (Å²) in [5.74, 6) is 0.617. The number of rotatable bonds is 6. The molecule has 1 N–H and O–H groups in total. The molecule has 0 radical (unpaired) electrons. The minimum Gasteiger partial charge on any atom is -0.447 e. The number of amides is 1. The molecule has 1 atom stereocenters. The molecule has 0 aromatic carbocycles. The quantitative estimate of drug-likeness (QED) is 0.571. The molecule has 0 spiro atoms. The van der Waals surface area contributed by atoms with E-state index < -0.39 is 6.09 Å². The highest BCUT2D eigenvalue weighted by molar-refractivity contribution is 5.67. The third-order valence-electron chi connectivity index (χ3n) is 2.60. The highest BCUT2D eigenvalue weighted by Gasteiger charge is 2.05. The smallest absolute Gasteiger partial charge is 0.407 e. The molecule has 0 aliphatic heterocycles. The van der Waals surface area contributed by atoms with Crippen LogP contribution in [0.25, 0.3) is 0 Å². The maximum Gasteiger partial charge on any atom is 0.407 e. The van der Waals surface area contributed by atoms with Gasteiger partial charge in [-0.25, -0.2) is 4.79 Å². The van der Waals surface area contributed by atoms with E-state index in [1.807, 2.05) is 6.08 Å². The van der Waals surface area contributed by atoms with Crippen LogP contribution in [0.15, 0.2) is 24.3 Å². The largest absolute Gasteiger partial charge is 0.447 e. The van der Waals surface area contributed by atoms with Crippen LogP contribution in [0.5, 0.6) is 0 Å². The average Bonchev–Trinajstić information content (AvgIpc) is 2.36. The fourth-order valence-corrected chi connectivity index (χ4v) is 1.66. The molecule has 4 heteroatoms. The summed E-state index contributed by atoms with van der Waals surface area (Å²) in [7, 11) is 1.57. The zero-order valence-corrected chi connectivity index (χ0v) is 10.4. The molecule has 1 unspecified atom stereocenters. The molecule has 0 saturated heterocycles. The van der Waals surface area contributed by atoms with E-state index in [9.17, 15) is 4.79 Å². The van der Waals surface area contributed by atoms with Gasteiger partial charge < -0.3 is 14.8 Å². The predicted octanol–water partition coefficient (Wildman–Crippen LogP) is 2.27. The molecule has 0 saturated carbocycles. The Morgan fingerprint density at radius 3 is 3.06 bits per heavy atom. The standard InChI is InChI=1S/C13H21NO3/c1-16-10-11-17-13(15)14-9-5-8-12-6-3-2-4-7-12/h2-3,5,8,12H,4,6-7,9-11H2,1H3,(H,14,15)/b8-5+.